The Balaban J connectivity index is 6.03. The Morgan fingerprint density at radius 3 is 1.71 bits per heavy atom. The first kappa shape index (κ1) is 20.3. The molecule has 0 aliphatic carbocycles. The molecule has 0 aromatic heterocycles. The topological polar surface area (TPSA) is 0 Å². The average Bonchev–Trinajstić information content (AvgIpc) is 2.33. The second kappa shape index (κ2) is 6.17. The van der Waals surface area contributed by atoms with Crippen LogP contribution in [0.2, 0.25) is 0 Å². The molecule has 0 spiro atoms. The van der Waals surface area contributed by atoms with Gasteiger partial charge in [0.2, 0.25) is 6.17 Å². The van der Waals surface area contributed by atoms with Gasteiger partial charge in [0, 0.05) is 6.42 Å². The second-order valence-electron chi connectivity index (χ2n) is 3.80. The van der Waals surface area contributed by atoms with Gasteiger partial charge in [-0.25, -0.2) is 22.0 Å². The highest BCUT2D eigenvalue weighted by molar-refractivity contribution is 6.30. The summed E-state index contributed by atoms with van der Waals surface area (Å²) in [7, 11) is 0. The van der Waals surface area contributed by atoms with Gasteiger partial charge in [0.15, 0.2) is 0 Å². The Labute approximate surface area is 115 Å². The summed E-state index contributed by atoms with van der Waals surface area (Å²) in [5, 5.41) is -2.88. The van der Waals surface area contributed by atoms with Crippen molar-refractivity contribution in [2.75, 3.05) is 6.67 Å². The molecular weight excluding hydrogens is 353 g/mol. The molecule has 0 saturated heterocycles. The Morgan fingerprint density at radius 1 is 1.00 bits per heavy atom. The number of hydrogen-bond donors (Lipinski definition) is 0. The lowest BCUT2D eigenvalue weighted by Crippen LogP contribution is -2.63. The highest BCUT2D eigenvalue weighted by atomic mass is 35.5. The van der Waals surface area contributed by atoms with Gasteiger partial charge in [0.1, 0.15) is 6.33 Å². The van der Waals surface area contributed by atoms with Crippen molar-refractivity contribution in [3.63, 3.8) is 0 Å². The summed E-state index contributed by atoms with van der Waals surface area (Å²) in [6, 6.07) is 0. The Bertz CT molecular complexity index is 388. The Hall–Kier alpha value is -0.740. The maximum Gasteiger partial charge on any atom is 0.433 e. The van der Waals surface area contributed by atoms with Gasteiger partial charge >= 0.3 is 17.8 Å². The first-order chi connectivity index (χ1) is 9.20. The summed E-state index contributed by atoms with van der Waals surface area (Å²) < 4.78 is 139. The third-order valence-electron chi connectivity index (χ3n) is 2.39. The van der Waals surface area contributed by atoms with Gasteiger partial charge in [-0.15, -0.1) is 0 Å². The van der Waals surface area contributed by atoms with Gasteiger partial charge in [-0.1, -0.05) is 11.6 Å². The smallest absolute Gasteiger partial charge is 0.251 e. The van der Waals surface area contributed by atoms with Crippen molar-refractivity contribution in [1.82, 2.24) is 0 Å². The second-order valence-corrected chi connectivity index (χ2v) is 4.21. The lowest BCUT2D eigenvalue weighted by Gasteiger charge is -2.37. The molecule has 21 heavy (non-hydrogen) atoms. The molecule has 0 aliphatic rings. The van der Waals surface area contributed by atoms with Crippen molar-refractivity contribution in [3.8, 4) is 0 Å². The SMILES string of the molecule is FC=C(Cl)C(F)(C(F)(F)F)C(F)(F)C(F)C(F)(F)CCF. The molecule has 2 unspecified atom stereocenters. The van der Waals surface area contributed by atoms with Crippen LogP contribution in [0.15, 0.2) is 11.4 Å². The zero-order valence-corrected chi connectivity index (χ0v) is 10.4. The van der Waals surface area contributed by atoms with Crippen LogP contribution in [0.1, 0.15) is 6.42 Å². The van der Waals surface area contributed by atoms with E-state index < -0.39 is 54.3 Å². The van der Waals surface area contributed by atoms with E-state index in [2.05, 4.69) is 11.6 Å². The van der Waals surface area contributed by atoms with Crippen molar-refractivity contribution in [3.05, 3.63) is 11.4 Å². The number of allylic oxidation sites excluding steroid dienone is 1. The van der Waals surface area contributed by atoms with Crippen LogP contribution in [-0.4, -0.2) is 36.5 Å². The number of alkyl halides is 10. The molecule has 0 nitrogen and oxygen atoms in total. The summed E-state index contributed by atoms with van der Waals surface area (Å²) in [6.45, 7) is -2.07. The molecule has 0 aromatic carbocycles. The van der Waals surface area contributed by atoms with Crippen LogP contribution in [0.4, 0.5) is 48.3 Å². The minimum absolute atomic E-state index is 1.47. The lowest BCUT2D eigenvalue weighted by atomic mass is 9.89. The largest absolute Gasteiger partial charge is 0.433 e. The lowest BCUT2D eigenvalue weighted by molar-refractivity contribution is -0.316. The third-order valence-corrected chi connectivity index (χ3v) is 2.73. The van der Waals surface area contributed by atoms with Gasteiger partial charge in [-0.05, 0) is 0 Å². The molecule has 12 heteroatoms. The molecule has 126 valence electrons. The predicted molar refractivity (Wildman–Crippen MR) is 50.3 cm³/mol. The van der Waals surface area contributed by atoms with Gasteiger partial charge in [0.05, 0.1) is 11.7 Å². The van der Waals surface area contributed by atoms with Crippen molar-refractivity contribution < 1.29 is 48.3 Å². The quantitative estimate of drug-likeness (QED) is 0.567. The van der Waals surface area contributed by atoms with Crippen LogP contribution in [0.3, 0.4) is 0 Å². The van der Waals surface area contributed by atoms with Crippen molar-refractivity contribution >= 4 is 11.6 Å². The van der Waals surface area contributed by atoms with Crippen LogP contribution in [0, 0.1) is 0 Å². The first-order valence-corrected chi connectivity index (χ1v) is 5.25. The minimum Gasteiger partial charge on any atom is -0.251 e. The van der Waals surface area contributed by atoms with Gasteiger partial charge < -0.3 is 0 Å². The molecule has 0 aliphatic heterocycles. The molecule has 0 bridgehead atoms. The van der Waals surface area contributed by atoms with E-state index in [0.29, 0.717) is 0 Å². The molecule has 0 N–H and O–H groups in total. The fourth-order valence-electron chi connectivity index (χ4n) is 1.25. The van der Waals surface area contributed by atoms with Gasteiger partial charge in [-0.2, -0.15) is 22.0 Å². The predicted octanol–water partition coefficient (Wildman–Crippen LogP) is 5.28. The van der Waals surface area contributed by atoms with Crippen molar-refractivity contribution in [1.29, 1.82) is 0 Å². The summed E-state index contributed by atoms with van der Waals surface area (Å²) in [4.78, 5) is 0. The fourth-order valence-corrected chi connectivity index (χ4v) is 1.48. The Morgan fingerprint density at radius 2 is 1.43 bits per heavy atom. The number of hydrogen-bond acceptors (Lipinski definition) is 0. The van der Waals surface area contributed by atoms with Crippen LogP contribution in [-0.2, 0) is 0 Å². The van der Waals surface area contributed by atoms with Crippen LogP contribution < -0.4 is 0 Å². The van der Waals surface area contributed by atoms with Crippen LogP contribution in [0.5, 0.6) is 0 Å². The third kappa shape index (κ3) is 3.37. The normalized spacial score (nSPS) is 19.3. The first-order valence-electron chi connectivity index (χ1n) is 4.87. The van der Waals surface area contributed by atoms with E-state index >= 15 is 0 Å². The van der Waals surface area contributed by atoms with E-state index in [-0.39, 0.29) is 0 Å². The zero-order valence-electron chi connectivity index (χ0n) is 9.60. The van der Waals surface area contributed by atoms with E-state index in [4.69, 9.17) is 0 Å². The van der Waals surface area contributed by atoms with Gasteiger partial charge in [-0.3, -0.25) is 4.39 Å². The molecular formula is C9H6ClF11. The molecule has 0 saturated carbocycles. The molecule has 2 atom stereocenters. The standard InChI is InChI=1S/C9H6ClF11/c10-4(3-12)7(16,9(19,20)21)8(17,18)5(13)6(14,15)1-2-11/h3,5H,1-2H2. The maximum absolute atomic E-state index is 13.5. The number of halogens is 12. The highest BCUT2D eigenvalue weighted by Gasteiger charge is 2.79. The van der Waals surface area contributed by atoms with E-state index in [1.807, 2.05) is 0 Å². The summed E-state index contributed by atoms with van der Waals surface area (Å²) >= 11 is 4.34. The summed E-state index contributed by atoms with van der Waals surface area (Å²) in [6.07, 6.45) is -15.5. The molecule has 0 heterocycles. The van der Waals surface area contributed by atoms with Crippen LogP contribution in [0.25, 0.3) is 0 Å². The highest BCUT2D eigenvalue weighted by Crippen LogP contribution is 2.55. The van der Waals surface area contributed by atoms with E-state index in [0.717, 1.165) is 0 Å². The molecule has 0 amide bonds. The summed E-state index contributed by atoms with van der Waals surface area (Å²) in [5.74, 6) is -11.8. The summed E-state index contributed by atoms with van der Waals surface area (Å²) in [5.41, 5.74) is -6.24. The van der Waals surface area contributed by atoms with Crippen molar-refractivity contribution in [2.24, 2.45) is 0 Å². The minimum atomic E-state index is -6.72. The molecule has 0 radical (unpaired) electrons. The molecule has 0 fully saturated rings. The Kier molecular flexibility index (Phi) is 5.95. The number of rotatable bonds is 6. The van der Waals surface area contributed by atoms with E-state index in [1.54, 1.807) is 0 Å². The fraction of sp³-hybridized carbons (Fsp3) is 0.778. The maximum atomic E-state index is 13.5. The van der Waals surface area contributed by atoms with Gasteiger partial charge in [0.25, 0.3) is 5.92 Å². The average molecular weight is 359 g/mol. The van der Waals surface area contributed by atoms with Crippen molar-refractivity contribution in [2.45, 2.75) is 36.3 Å². The molecule has 0 aromatic rings. The zero-order chi connectivity index (χ0) is 17.3. The monoisotopic (exact) mass is 358 g/mol. The van der Waals surface area contributed by atoms with E-state index in [9.17, 15) is 48.3 Å². The van der Waals surface area contributed by atoms with E-state index in [1.165, 1.54) is 0 Å². The molecule has 0 rings (SSSR count). The van der Waals surface area contributed by atoms with Crippen LogP contribution >= 0.6 is 11.6 Å².